The van der Waals surface area contributed by atoms with Crippen molar-refractivity contribution < 1.29 is 4.79 Å². The maximum atomic E-state index is 12.1. The van der Waals surface area contributed by atoms with Gasteiger partial charge in [0.2, 0.25) is 5.91 Å². The average molecular weight is 274 g/mol. The van der Waals surface area contributed by atoms with Crippen LogP contribution >= 0.6 is 11.6 Å². The molecule has 0 saturated carbocycles. The van der Waals surface area contributed by atoms with E-state index in [1.807, 2.05) is 24.3 Å². The number of carbonyl (C=O) groups excluding carboxylic acids is 1. The van der Waals surface area contributed by atoms with Gasteiger partial charge in [0, 0.05) is 23.3 Å². The fraction of sp³-hybridized carbons (Fsp3) is 0.143. The monoisotopic (exact) mass is 273 g/mol. The Labute approximate surface area is 115 Å². The zero-order chi connectivity index (χ0) is 13.2. The summed E-state index contributed by atoms with van der Waals surface area (Å²) < 4.78 is 0. The first-order valence-corrected chi connectivity index (χ1v) is 6.37. The molecule has 96 valence electrons. The van der Waals surface area contributed by atoms with E-state index >= 15 is 0 Å². The van der Waals surface area contributed by atoms with Crippen molar-refractivity contribution in [3.63, 3.8) is 0 Å². The Balaban J connectivity index is 1.70. The van der Waals surface area contributed by atoms with Crippen molar-refractivity contribution in [1.29, 1.82) is 0 Å². The summed E-state index contributed by atoms with van der Waals surface area (Å²) in [6, 6.07) is 10.9. The number of amides is 1. The van der Waals surface area contributed by atoms with Crippen molar-refractivity contribution in [2.24, 2.45) is 0 Å². The normalized spacial score (nSPS) is 16.6. The van der Waals surface area contributed by atoms with E-state index in [4.69, 9.17) is 11.6 Å². The number of hydrogen-bond acceptors (Lipinski definition) is 3. The lowest BCUT2D eigenvalue weighted by atomic mass is 10.1. The molecule has 2 aromatic rings. The van der Waals surface area contributed by atoms with Gasteiger partial charge in [-0.3, -0.25) is 4.79 Å². The predicted molar refractivity (Wildman–Crippen MR) is 75.4 cm³/mol. The molecule has 0 fully saturated rings. The van der Waals surface area contributed by atoms with Gasteiger partial charge in [-0.2, -0.15) is 0 Å². The number of halogens is 1. The Hall–Kier alpha value is -2.07. The number of nitrogens with one attached hydrogen (secondary N) is 2. The topological polar surface area (TPSA) is 54.0 Å². The molecule has 3 rings (SSSR count). The van der Waals surface area contributed by atoms with Crippen LogP contribution in [0.15, 0.2) is 42.6 Å². The first kappa shape index (κ1) is 12.0. The van der Waals surface area contributed by atoms with E-state index in [0.29, 0.717) is 17.3 Å². The number of pyridine rings is 1. The summed E-state index contributed by atoms with van der Waals surface area (Å²) in [6.45, 7) is 0. The maximum absolute atomic E-state index is 12.1. The van der Waals surface area contributed by atoms with E-state index in [2.05, 4.69) is 15.6 Å². The van der Waals surface area contributed by atoms with Crippen LogP contribution in [0.2, 0.25) is 5.02 Å². The van der Waals surface area contributed by atoms with Crippen LogP contribution in [-0.2, 0) is 11.2 Å². The summed E-state index contributed by atoms with van der Waals surface area (Å²) in [6.07, 6.45) is 2.25. The third kappa shape index (κ3) is 2.53. The predicted octanol–water partition coefficient (Wildman–Crippen LogP) is 2.71. The van der Waals surface area contributed by atoms with Crippen LogP contribution in [0, 0.1) is 0 Å². The lowest BCUT2D eigenvalue weighted by Gasteiger charge is -2.11. The van der Waals surface area contributed by atoms with E-state index < -0.39 is 0 Å². The maximum Gasteiger partial charge on any atom is 0.248 e. The standard InChI is InChI=1S/C14H12ClN3O/c15-10-5-6-16-13(8-10)18-14(19)12-7-9-3-1-2-4-11(9)17-12/h1-6,8,12,17H,7H2,(H,16,18,19). The van der Waals surface area contributed by atoms with Crippen molar-refractivity contribution in [3.05, 3.63) is 53.2 Å². The first-order chi connectivity index (χ1) is 9.22. The summed E-state index contributed by atoms with van der Waals surface area (Å²) in [5, 5.41) is 6.51. The molecule has 2 heterocycles. The molecular weight excluding hydrogens is 262 g/mol. The minimum absolute atomic E-state index is 0.106. The smallest absolute Gasteiger partial charge is 0.248 e. The number of hydrogen-bond donors (Lipinski definition) is 2. The lowest BCUT2D eigenvalue weighted by Crippen LogP contribution is -2.33. The van der Waals surface area contributed by atoms with E-state index in [1.165, 1.54) is 0 Å². The Morgan fingerprint density at radius 3 is 3.00 bits per heavy atom. The number of aromatic nitrogens is 1. The van der Waals surface area contributed by atoms with Crippen molar-refractivity contribution in [3.8, 4) is 0 Å². The highest BCUT2D eigenvalue weighted by molar-refractivity contribution is 6.30. The number of benzene rings is 1. The van der Waals surface area contributed by atoms with Crippen LogP contribution in [-0.4, -0.2) is 16.9 Å². The molecule has 1 unspecified atom stereocenters. The largest absolute Gasteiger partial charge is 0.373 e. The second-order valence-corrected chi connectivity index (χ2v) is 4.84. The number of carbonyl (C=O) groups is 1. The highest BCUT2D eigenvalue weighted by atomic mass is 35.5. The summed E-state index contributed by atoms with van der Waals surface area (Å²) >= 11 is 5.85. The SMILES string of the molecule is O=C(Nc1cc(Cl)ccn1)C1Cc2ccccc2N1. The zero-order valence-electron chi connectivity index (χ0n) is 10.1. The van der Waals surface area contributed by atoms with Gasteiger partial charge in [-0.05, 0) is 23.8 Å². The number of rotatable bonds is 2. The van der Waals surface area contributed by atoms with Gasteiger partial charge >= 0.3 is 0 Å². The highest BCUT2D eigenvalue weighted by Gasteiger charge is 2.26. The zero-order valence-corrected chi connectivity index (χ0v) is 10.8. The molecule has 2 N–H and O–H groups in total. The molecule has 0 saturated heterocycles. The third-order valence-corrected chi connectivity index (χ3v) is 3.30. The van der Waals surface area contributed by atoms with Crippen molar-refractivity contribution in [1.82, 2.24) is 4.98 Å². The van der Waals surface area contributed by atoms with Gasteiger partial charge in [-0.15, -0.1) is 0 Å². The molecule has 1 aliphatic rings. The van der Waals surface area contributed by atoms with Crippen LogP contribution < -0.4 is 10.6 Å². The summed E-state index contributed by atoms with van der Waals surface area (Å²) in [5.74, 6) is 0.362. The van der Waals surface area contributed by atoms with Gasteiger partial charge < -0.3 is 10.6 Å². The van der Waals surface area contributed by atoms with Gasteiger partial charge in [-0.1, -0.05) is 29.8 Å². The van der Waals surface area contributed by atoms with Gasteiger partial charge in [0.05, 0.1) is 0 Å². The molecule has 1 aliphatic heterocycles. The van der Waals surface area contributed by atoms with Gasteiger partial charge in [0.1, 0.15) is 11.9 Å². The van der Waals surface area contributed by atoms with E-state index in [9.17, 15) is 4.79 Å². The van der Waals surface area contributed by atoms with Gasteiger partial charge in [0.25, 0.3) is 0 Å². The minimum Gasteiger partial charge on any atom is -0.373 e. The molecule has 5 heteroatoms. The van der Waals surface area contributed by atoms with Crippen LogP contribution in [0.3, 0.4) is 0 Å². The van der Waals surface area contributed by atoms with Gasteiger partial charge in [-0.25, -0.2) is 4.98 Å². The van der Waals surface area contributed by atoms with E-state index in [1.54, 1.807) is 18.3 Å². The van der Waals surface area contributed by atoms with Crippen LogP contribution in [0.25, 0.3) is 0 Å². The summed E-state index contributed by atoms with van der Waals surface area (Å²) in [5.41, 5.74) is 2.17. The highest BCUT2D eigenvalue weighted by Crippen LogP contribution is 2.25. The van der Waals surface area contributed by atoms with Crippen molar-refractivity contribution in [2.45, 2.75) is 12.5 Å². The fourth-order valence-electron chi connectivity index (χ4n) is 2.14. The van der Waals surface area contributed by atoms with Crippen molar-refractivity contribution >= 4 is 29.0 Å². The number of fused-ring (bicyclic) bond motifs is 1. The second-order valence-electron chi connectivity index (χ2n) is 4.41. The van der Waals surface area contributed by atoms with Gasteiger partial charge in [0.15, 0.2) is 0 Å². The average Bonchev–Trinajstić information content (AvgIpc) is 2.82. The minimum atomic E-state index is -0.266. The first-order valence-electron chi connectivity index (χ1n) is 5.99. The van der Waals surface area contributed by atoms with E-state index in [-0.39, 0.29) is 11.9 Å². The Morgan fingerprint density at radius 1 is 1.37 bits per heavy atom. The molecule has 1 atom stereocenters. The molecule has 4 nitrogen and oxygen atoms in total. The molecule has 1 aromatic heterocycles. The molecule has 1 amide bonds. The van der Waals surface area contributed by atoms with Crippen LogP contribution in [0.1, 0.15) is 5.56 Å². The summed E-state index contributed by atoms with van der Waals surface area (Å²) in [7, 11) is 0. The Kier molecular flexibility index (Phi) is 3.09. The van der Waals surface area contributed by atoms with Crippen LogP contribution in [0.4, 0.5) is 11.5 Å². The van der Waals surface area contributed by atoms with E-state index in [0.717, 1.165) is 11.3 Å². The number of nitrogens with zero attached hydrogens (tertiary/aromatic N) is 1. The molecule has 0 bridgehead atoms. The molecule has 19 heavy (non-hydrogen) atoms. The molecule has 0 radical (unpaired) electrons. The third-order valence-electron chi connectivity index (χ3n) is 3.06. The summed E-state index contributed by atoms with van der Waals surface area (Å²) in [4.78, 5) is 16.2. The van der Waals surface area contributed by atoms with Crippen LogP contribution in [0.5, 0.6) is 0 Å². The quantitative estimate of drug-likeness (QED) is 0.885. The Bertz CT molecular complexity index is 605. The fourth-order valence-corrected chi connectivity index (χ4v) is 2.30. The second kappa shape index (κ2) is 4.90. The lowest BCUT2D eigenvalue weighted by molar-refractivity contribution is -0.116. The molecule has 0 aliphatic carbocycles. The number of para-hydroxylation sites is 1. The molecular formula is C14H12ClN3O. The molecule has 0 spiro atoms. The van der Waals surface area contributed by atoms with Crippen molar-refractivity contribution in [2.75, 3.05) is 10.6 Å². The molecule has 1 aromatic carbocycles. The Morgan fingerprint density at radius 2 is 2.21 bits per heavy atom. The number of anilines is 2.